The maximum absolute atomic E-state index is 13.8. The second-order valence-corrected chi connectivity index (χ2v) is 7.61. The molecule has 0 bridgehead atoms. The van der Waals surface area contributed by atoms with Gasteiger partial charge in [0.2, 0.25) is 0 Å². The van der Waals surface area contributed by atoms with Gasteiger partial charge in [0, 0.05) is 36.5 Å². The van der Waals surface area contributed by atoms with Crippen LogP contribution in [0, 0.1) is 5.82 Å². The number of hydrogen-bond acceptors (Lipinski definition) is 6. The van der Waals surface area contributed by atoms with Gasteiger partial charge in [-0.2, -0.15) is 0 Å². The number of carbonyl (C=O) groups is 2. The molecule has 26 heavy (non-hydrogen) atoms. The quantitative estimate of drug-likeness (QED) is 0.835. The topological polar surface area (TPSA) is 73.7 Å². The largest absolute Gasteiger partial charge is 0.504 e. The number of fused-ring (bicyclic) bond motifs is 1. The van der Waals surface area contributed by atoms with Gasteiger partial charge >= 0.3 is 0 Å². The number of amides is 1. The molecule has 1 N–H and O–H groups in total. The number of aromatic nitrogens is 1. The van der Waals surface area contributed by atoms with Crippen LogP contribution in [0.5, 0.6) is 5.75 Å². The van der Waals surface area contributed by atoms with E-state index in [-0.39, 0.29) is 17.0 Å². The number of aromatic hydroxyl groups is 1. The van der Waals surface area contributed by atoms with E-state index in [9.17, 15) is 19.1 Å². The fraction of sp³-hybridized carbons (Fsp3) is 0.389. The van der Waals surface area contributed by atoms with E-state index in [1.54, 1.807) is 16.2 Å². The molecule has 8 heteroatoms. The van der Waals surface area contributed by atoms with Crippen LogP contribution in [-0.2, 0) is 13.0 Å². The molecule has 3 heterocycles. The number of nitrogens with zero attached hydrogens (tertiary/aromatic N) is 3. The summed E-state index contributed by atoms with van der Waals surface area (Å²) in [6.07, 6.45) is 3.36. The van der Waals surface area contributed by atoms with Crippen LogP contribution in [0.4, 0.5) is 9.52 Å². The molecule has 1 amide bonds. The Bertz CT molecular complexity index is 877. The highest BCUT2D eigenvalue weighted by atomic mass is 32.1. The lowest BCUT2D eigenvalue weighted by Gasteiger charge is -2.26. The van der Waals surface area contributed by atoms with E-state index in [2.05, 4.69) is 4.90 Å². The van der Waals surface area contributed by atoms with Crippen molar-refractivity contribution >= 4 is 28.7 Å². The van der Waals surface area contributed by atoms with E-state index in [1.165, 1.54) is 18.9 Å². The van der Waals surface area contributed by atoms with Crippen molar-refractivity contribution in [2.24, 2.45) is 0 Å². The summed E-state index contributed by atoms with van der Waals surface area (Å²) in [4.78, 5) is 33.4. The zero-order valence-electron chi connectivity index (χ0n) is 14.1. The number of aldehydes is 1. The summed E-state index contributed by atoms with van der Waals surface area (Å²) in [6.45, 7) is 2.97. The lowest BCUT2D eigenvalue weighted by molar-refractivity contribution is 0.0735. The predicted molar refractivity (Wildman–Crippen MR) is 95.5 cm³/mol. The predicted octanol–water partition coefficient (Wildman–Crippen LogP) is 2.60. The molecule has 1 fully saturated rings. The van der Waals surface area contributed by atoms with E-state index in [4.69, 9.17) is 4.98 Å². The Morgan fingerprint density at radius 2 is 2.04 bits per heavy atom. The molecule has 0 spiro atoms. The number of phenols is 1. The molecular weight excluding hydrogens is 357 g/mol. The highest BCUT2D eigenvalue weighted by Crippen LogP contribution is 2.33. The van der Waals surface area contributed by atoms with E-state index in [0.717, 1.165) is 34.9 Å². The highest BCUT2D eigenvalue weighted by Gasteiger charge is 2.27. The number of anilines is 1. The van der Waals surface area contributed by atoms with E-state index in [0.29, 0.717) is 25.8 Å². The summed E-state index contributed by atoms with van der Waals surface area (Å²) >= 11 is 1.61. The van der Waals surface area contributed by atoms with Crippen molar-refractivity contribution in [1.29, 1.82) is 0 Å². The first-order valence-electron chi connectivity index (χ1n) is 8.57. The molecule has 0 atom stereocenters. The van der Waals surface area contributed by atoms with Crippen LogP contribution >= 0.6 is 11.3 Å². The maximum Gasteiger partial charge on any atom is 0.254 e. The number of carbonyl (C=O) groups excluding carboxylic acids is 2. The molecule has 1 saturated heterocycles. The summed E-state index contributed by atoms with van der Waals surface area (Å²) in [7, 11) is 0. The number of benzene rings is 1. The second-order valence-electron chi connectivity index (χ2n) is 6.55. The van der Waals surface area contributed by atoms with Crippen LogP contribution in [0.1, 0.15) is 44.1 Å². The van der Waals surface area contributed by atoms with Crippen LogP contribution in [0.15, 0.2) is 12.1 Å². The van der Waals surface area contributed by atoms with Crippen LogP contribution < -0.4 is 4.90 Å². The van der Waals surface area contributed by atoms with Gasteiger partial charge in [-0.15, -0.1) is 0 Å². The SMILES string of the molecule is O=Cc1cc(C(=O)N2CCc3nc(N4CCCC4)sc3C2)cc(F)c1O. The van der Waals surface area contributed by atoms with Crippen LogP contribution in [0.25, 0.3) is 0 Å². The number of hydrogen-bond donors (Lipinski definition) is 1. The Balaban J connectivity index is 1.56. The van der Waals surface area contributed by atoms with Gasteiger partial charge in [-0.05, 0) is 25.0 Å². The monoisotopic (exact) mass is 375 g/mol. The Hall–Kier alpha value is -2.48. The molecule has 2 aliphatic rings. The summed E-state index contributed by atoms with van der Waals surface area (Å²) in [5.41, 5.74) is 0.877. The van der Waals surface area contributed by atoms with Crippen molar-refractivity contribution in [3.63, 3.8) is 0 Å². The standard InChI is InChI=1S/C18H18FN3O3S/c19-13-8-11(7-12(10-23)16(13)24)17(25)22-6-3-14-15(9-22)26-18(20-14)21-4-1-2-5-21/h7-8,10,24H,1-6,9H2. The first-order valence-corrected chi connectivity index (χ1v) is 9.39. The zero-order valence-corrected chi connectivity index (χ0v) is 14.9. The summed E-state index contributed by atoms with van der Waals surface area (Å²) in [5.74, 6) is -2.05. The van der Waals surface area contributed by atoms with Gasteiger partial charge in [-0.25, -0.2) is 9.37 Å². The van der Waals surface area contributed by atoms with Gasteiger partial charge in [0.05, 0.1) is 17.8 Å². The Labute approximate surface area is 153 Å². The van der Waals surface area contributed by atoms with Gasteiger partial charge in [-0.1, -0.05) is 11.3 Å². The van der Waals surface area contributed by atoms with Gasteiger partial charge in [0.25, 0.3) is 5.91 Å². The van der Waals surface area contributed by atoms with Gasteiger partial charge < -0.3 is 14.9 Å². The zero-order chi connectivity index (χ0) is 18.3. The van der Waals surface area contributed by atoms with E-state index < -0.39 is 11.6 Å². The van der Waals surface area contributed by atoms with Gasteiger partial charge in [0.15, 0.2) is 23.0 Å². The second kappa shape index (κ2) is 6.68. The molecular formula is C18H18FN3O3S. The first kappa shape index (κ1) is 17.0. The molecule has 1 aromatic heterocycles. The van der Waals surface area contributed by atoms with Crippen molar-refractivity contribution < 1.29 is 19.1 Å². The molecule has 136 valence electrons. The molecule has 0 unspecified atom stereocenters. The van der Waals surface area contributed by atoms with Crippen molar-refractivity contribution in [3.05, 3.63) is 39.6 Å². The minimum atomic E-state index is -0.968. The summed E-state index contributed by atoms with van der Waals surface area (Å²) in [6, 6.07) is 2.20. The molecule has 0 radical (unpaired) electrons. The normalized spacial score (nSPS) is 16.7. The molecule has 0 aliphatic carbocycles. The van der Waals surface area contributed by atoms with Crippen LogP contribution in [-0.4, -0.2) is 46.8 Å². The smallest absolute Gasteiger partial charge is 0.254 e. The Morgan fingerprint density at radius 1 is 1.27 bits per heavy atom. The van der Waals surface area contributed by atoms with E-state index >= 15 is 0 Å². The Morgan fingerprint density at radius 3 is 2.77 bits per heavy atom. The van der Waals surface area contributed by atoms with Crippen molar-refractivity contribution in [2.45, 2.75) is 25.8 Å². The fourth-order valence-corrected chi connectivity index (χ4v) is 4.59. The van der Waals surface area contributed by atoms with Crippen LogP contribution in [0.2, 0.25) is 0 Å². The van der Waals surface area contributed by atoms with Gasteiger partial charge in [0.1, 0.15) is 0 Å². The number of thiazole rings is 1. The van der Waals surface area contributed by atoms with Crippen molar-refractivity contribution in [3.8, 4) is 5.75 Å². The van der Waals surface area contributed by atoms with E-state index in [1.807, 2.05) is 0 Å². The third kappa shape index (κ3) is 2.94. The minimum absolute atomic E-state index is 0.0649. The molecule has 4 rings (SSSR count). The fourth-order valence-electron chi connectivity index (χ4n) is 3.42. The number of halogens is 1. The summed E-state index contributed by atoms with van der Waals surface area (Å²) in [5, 5.41) is 10.5. The third-order valence-corrected chi connectivity index (χ3v) is 5.99. The minimum Gasteiger partial charge on any atom is -0.504 e. The highest BCUT2D eigenvalue weighted by molar-refractivity contribution is 7.15. The number of phenolic OH excluding ortho intramolecular Hbond substituents is 1. The number of rotatable bonds is 3. The molecule has 2 aliphatic heterocycles. The average Bonchev–Trinajstić information content (AvgIpc) is 3.31. The van der Waals surface area contributed by atoms with Gasteiger partial charge in [-0.3, -0.25) is 9.59 Å². The third-order valence-electron chi connectivity index (χ3n) is 4.85. The average molecular weight is 375 g/mol. The molecule has 0 saturated carbocycles. The Kier molecular flexibility index (Phi) is 4.36. The lowest BCUT2D eigenvalue weighted by atomic mass is 10.1. The maximum atomic E-state index is 13.8. The lowest BCUT2D eigenvalue weighted by Crippen LogP contribution is -2.35. The summed E-state index contributed by atoms with van der Waals surface area (Å²) < 4.78 is 13.8. The molecule has 6 nitrogen and oxygen atoms in total. The molecule has 1 aromatic carbocycles. The first-order chi connectivity index (χ1) is 12.6. The van der Waals surface area contributed by atoms with Crippen LogP contribution in [0.3, 0.4) is 0 Å². The van der Waals surface area contributed by atoms with Crippen molar-refractivity contribution in [2.75, 3.05) is 24.5 Å². The van der Waals surface area contributed by atoms with Crippen molar-refractivity contribution in [1.82, 2.24) is 9.88 Å². The molecule has 2 aromatic rings.